The van der Waals surface area contributed by atoms with Gasteiger partial charge in [0.15, 0.2) is 11.6 Å². The zero-order valence-electron chi connectivity index (χ0n) is 16.1. The van der Waals surface area contributed by atoms with E-state index in [9.17, 15) is 18.4 Å². The largest absolute Gasteiger partial charge is 0.487 e. The van der Waals surface area contributed by atoms with E-state index in [0.717, 1.165) is 12.1 Å². The molecule has 0 bridgehead atoms. The number of carbonyl (C=O) groups excluding carboxylic acids is 1. The maximum Gasteiger partial charge on any atom is 0.277 e. The summed E-state index contributed by atoms with van der Waals surface area (Å²) in [5.41, 5.74) is 0.242. The van der Waals surface area contributed by atoms with Gasteiger partial charge in [-0.05, 0) is 24.3 Å². The number of ether oxygens (including phenoxy) is 1. The van der Waals surface area contributed by atoms with Crippen LogP contribution in [0.3, 0.4) is 0 Å². The molecule has 1 saturated heterocycles. The molecule has 0 unspecified atom stereocenters. The second-order valence-electron chi connectivity index (χ2n) is 7.16. The number of carbonyl (C=O) groups is 1. The molecule has 0 aliphatic carbocycles. The van der Waals surface area contributed by atoms with E-state index in [2.05, 4.69) is 10.3 Å². The van der Waals surface area contributed by atoms with Gasteiger partial charge >= 0.3 is 0 Å². The van der Waals surface area contributed by atoms with E-state index in [1.54, 1.807) is 29.2 Å². The van der Waals surface area contributed by atoms with Crippen molar-refractivity contribution in [2.45, 2.75) is 31.9 Å². The summed E-state index contributed by atoms with van der Waals surface area (Å²) in [5.74, 6) is -1.48. The van der Waals surface area contributed by atoms with Crippen LogP contribution in [-0.4, -0.2) is 45.0 Å². The second kappa shape index (κ2) is 8.56. The number of halogens is 2. The molecule has 2 aromatic carbocycles. The number of fused-ring (bicyclic) bond motifs is 1. The first-order valence-corrected chi connectivity index (χ1v) is 9.73. The average molecular weight is 414 g/mol. The Morgan fingerprint density at radius 1 is 1.13 bits per heavy atom. The molecule has 3 aromatic rings. The zero-order chi connectivity index (χ0) is 21.1. The first-order valence-electron chi connectivity index (χ1n) is 9.73. The number of nitrogens with zero attached hydrogens (tertiary/aromatic N) is 4. The zero-order valence-corrected chi connectivity index (χ0v) is 16.1. The molecule has 0 atom stereocenters. The molecule has 1 aromatic heterocycles. The van der Waals surface area contributed by atoms with Crippen LogP contribution < -0.4 is 10.3 Å². The van der Waals surface area contributed by atoms with E-state index >= 15 is 0 Å². The predicted molar refractivity (Wildman–Crippen MR) is 105 cm³/mol. The van der Waals surface area contributed by atoms with Gasteiger partial charge in [-0.15, -0.1) is 5.10 Å². The van der Waals surface area contributed by atoms with Crippen LogP contribution in [0.25, 0.3) is 10.9 Å². The van der Waals surface area contributed by atoms with Crippen LogP contribution in [0.4, 0.5) is 8.78 Å². The number of piperidine rings is 1. The molecule has 0 spiro atoms. The first-order chi connectivity index (χ1) is 14.5. The van der Waals surface area contributed by atoms with Gasteiger partial charge in [0.05, 0.1) is 11.9 Å². The van der Waals surface area contributed by atoms with E-state index in [4.69, 9.17) is 4.74 Å². The molecule has 9 heteroatoms. The SMILES string of the molecule is O=C(CCn1nnc2ccccc2c1=O)N1CCC(Oc2ccc(F)cc2F)CC1. The van der Waals surface area contributed by atoms with Gasteiger partial charge in [0.1, 0.15) is 17.4 Å². The molecule has 7 nitrogen and oxygen atoms in total. The fourth-order valence-corrected chi connectivity index (χ4v) is 3.50. The highest BCUT2D eigenvalue weighted by molar-refractivity contribution is 5.77. The molecule has 0 saturated carbocycles. The summed E-state index contributed by atoms with van der Waals surface area (Å²) in [5, 5.41) is 8.37. The maximum absolute atomic E-state index is 13.7. The summed E-state index contributed by atoms with van der Waals surface area (Å²) in [6, 6.07) is 10.1. The van der Waals surface area contributed by atoms with Crippen molar-refractivity contribution < 1.29 is 18.3 Å². The topological polar surface area (TPSA) is 77.3 Å². The molecular formula is C21H20F2N4O3. The van der Waals surface area contributed by atoms with E-state index in [1.165, 1.54) is 10.7 Å². The number of aryl methyl sites for hydroxylation is 1. The van der Waals surface area contributed by atoms with Crippen molar-refractivity contribution >= 4 is 16.8 Å². The Hall–Kier alpha value is -3.36. The minimum atomic E-state index is -0.740. The van der Waals surface area contributed by atoms with E-state index in [-0.39, 0.29) is 36.3 Å². The van der Waals surface area contributed by atoms with Gasteiger partial charge in [-0.1, -0.05) is 17.3 Å². The lowest BCUT2D eigenvalue weighted by atomic mass is 10.1. The summed E-state index contributed by atoms with van der Waals surface area (Å²) >= 11 is 0. The van der Waals surface area contributed by atoms with Crippen LogP contribution in [0, 0.1) is 11.6 Å². The Balaban J connectivity index is 1.30. The fraction of sp³-hybridized carbons (Fsp3) is 0.333. The van der Waals surface area contributed by atoms with Gasteiger partial charge in [0.2, 0.25) is 5.91 Å². The van der Waals surface area contributed by atoms with E-state index in [1.807, 2.05) is 0 Å². The molecule has 1 amide bonds. The summed E-state index contributed by atoms with van der Waals surface area (Å²) in [6.45, 7) is 1.07. The van der Waals surface area contributed by atoms with Crippen molar-refractivity contribution in [3.05, 3.63) is 64.5 Å². The Bertz CT molecular complexity index is 1130. The molecule has 4 rings (SSSR count). The van der Waals surface area contributed by atoms with E-state index in [0.29, 0.717) is 36.8 Å². The van der Waals surface area contributed by atoms with Gasteiger partial charge in [-0.25, -0.2) is 13.5 Å². The first kappa shape index (κ1) is 19.9. The van der Waals surface area contributed by atoms with Crippen molar-refractivity contribution in [3.8, 4) is 5.75 Å². The Kier molecular flexibility index (Phi) is 5.69. The number of benzene rings is 2. The molecule has 30 heavy (non-hydrogen) atoms. The quantitative estimate of drug-likeness (QED) is 0.641. The second-order valence-corrected chi connectivity index (χ2v) is 7.16. The minimum absolute atomic E-state index is 0.00966. The third-order valence-electron chi connectivity index (χ3n) is 5.15. The number of hydrogen-bond acceptors (Lipinski definition) is 5. The molecular weight excluding hydrogens is 394 g/mol. The van der Waals surface area contributed by atoms with Crippen molar-refractivity contribution in [1.29, 1.82) is 0 Å². The highest BCUT2D eigenvalue weighted by atomic mass is 19.1. The third-order valence-corrected chi connectivity index (χ3v) is 5.15. The third kappa shape index (κ3) is 4.29. The highest BCUT2D eigenvalue weighted by Gasteiger charge is 2.24. The maximum atomic E-state index is 13.7. The molecule has 156 valence electrons. The lowest BCUT2D eigenvalue weighted by Gasteiger charge is -2.32. The van der Waals surface area contributed by atoms with Crippen LogP contribution in [0.5, 0.6) is 5.75 Å². The van der Waals surface area contributed by atoms with Gasteiger partial charge < -0.3 is 9.64 Å². The summed E-state index contributed by atoms with van der Waals surface area (Å²) < 4.78 is 33.5. The Morgan fingerprint density at radius 3 is 2.67 bits per heavy atom. The summed E-state index contributed by atoms with van der Waals surface area (Å²) in [6.07, 6.45) is 0.963. The van der Waals surface area contributed by atoms with Crippen molar-refractivity contribution in [2.75, 3.05) is 13.1 Å². The highest BCUT2D eigenvalue weighted by Crippen LogP contribution is 2.23. The number of likely N-dealkylation sites (tertiary alicyclic amines) is 1. The normalized spacial score (nSPS) is 14.8. The molecule has 2 heterocycles. The summed E-state index contributed by atoms with van der Waals surface area (Å²) in [7, 11) is 0. The minimum Gasteiger partial charge on any atom is -0.487 e. The molecule has 1 fully saturated rings. The van der Waals surface area contributed by atoms with Gasteiger partial charge in [0, 0.05) is 38.4 Å². The predicted octanol–water partition coefficient (Wildman–Crippen LogP) is 2.53. The Morgan fingerprint density at radius 2 is 1.90 bits per heavy atom. The van der Waals surface area contributed by atoms with E-state index < -0.39 is 11.6 Å². The standard InChI is InChI=1S/C21H20F2N4O3/c22-14-5-6-19(17(23)13-14)30-15-7-10-26(11-8-15)20(28)9-12-27-21(29)16-3-1-2-4-18(16)24-25-27/h1-6,13,15H,7-12H2. The van der Waals surface area contributed by atoms with Crippen molar-refractivity contribution in [2.24, 2.45) is 0 Å². The Labute approximate surface area is 170 Å². The lowest BCUT2D eigenvalue weighted by Crippen LogP contribution is -2.42. The van der Waals surface area contributed by atoms with Crippen molar-refractivity contribution in [3.63, 3.8) is 0 Å². The van der Waals surface area contributed by atoms with Gasteiger partial charge in [-0.2, -0.15) is 0 Å². The lowest BCUT2D eigenvalue weighted by molar-refractivity contribution is -0.133. The van der Waals surface area contributed by atoms with Gasteiger partial charge in [0.25, 0.3) is 5.56 Å². The number of hydrogen-bond donors (Lipinski definition) is 0. The van der Waals surface area contributed by atoms with Crippen LogP contribution >= 0.6 is 0 Å². The number of aromatic nitrogens is 3. The van der Waals surface area contributed by atoms with Crippen LogP contribution in [0.1, 0.15) is 19.3 Å². The smallest absolute Gasteiger partial charge is 0.277 e. The fourth-order valence-electron chi connectivity index (χ4n) is 3.50. The van der Waals surface area contributed by atoms with Crippen molar-refractivity contribution in [1.82, 2.24) is 19.9 Å². The van der Waals surface area contributed by atoms with Gasteiger partial charge in [-0.3, -0.25) is 9.59 Å². The molecule has 0 radical (unpaired) electrons. The monoisotopic (exact) mass is 414 g/mol. The van der Waals surface area contributed by atoms with Crippen LogP contribution in [0.15, 0.2) is 47.3 Å². The number of rotatable bonds is 5. The van der Waals surface area contributed by atoms with Crippen LogP contribution in [-0.2, 0) is 11.3 Å². The molecule has 1 aliphatic heterocycles. The van der Waals surface area contributed by atoms with Crippen LogP contribution in [0.2, 0.25) is 0 Å². The average Bonchev–Trinajstić information content (AvgIpc) is 2.76. The number of amides is 1. The summed E-state index contributed by atoms with van der Waals surface area (Å²) in [4.78, 5) is 26.7. The molecule has 0 N–H and O–H groups in total. The molecule has 1 aliphatic rings.